The molecule has 4 aromatic rings. The topological polar surface area (TPSA) is 126 Å². The normalized spacial score (nSPS) is 15.8. The summed E-state index contributed by atoms with van der Waals surface area (Å²) >= 11 is 0. The summed E-state index contributed by atoms with van der Waals surface area (Å²) in [6.07, 6.45) is 5.08. The molecule has 1 aliphatic heterocycles. The van der Waals surface area contributed by atoms with Gasteiger partial charge in [-0.2, -0.15) is 0 Å². The zero-order chi connectivity index (χ0) is 22.6. The molecule has 1 unspecified atom stereocenters. The Kier molecular flexibility index (Phi) is 6.11. The van der Waals surface area contributed by atoms with Crippen LogP contribution in [0.25, 0.3) is 34.3 Å². The number of hydrogen-bond acceptors (Lipinski definition) is 10. The summed E-state index contributed by atoms with van der Waals surface area (Å²) in [5.74, 6) is 1.08. The SMILES string of the molecule is Cc1ncc(-c2cnc(C(O)N3CCCNCC3)nc2)nc1-c1nnc(-c2ccccc2)o1. The van der Waals surface area contributed by atoms with Crippen molar-refractivity contribution in [3.63, 3.8) is 0 Å². The Hall–Kier alpha value is -3.60. The van der Waals surface area contributed by atoms with Crippen molar-refractivity contribution in [2.75, 3.05) is 26.2 Å². The van der Waals surface area contributed by atoms with Crippen LogP contribution in [0.1, 0.15) is 24.2 Å². The van der Waals surface area contributed by atoms with Crippen molar-refractivity contribution < 1.29 is 9.52 Å². The first-order valence-corrected chi connectivity index (χ1v) is 10.9. The van der Waals surface area contributed by atoms with E-state index in [1.165, 1.54) is 0 Å². The van der Waals surface area contributed by atoms with E-state index in [1.807, 2.05) is 42.2 Å². The van der Waals surface area contributed by atoms with Crippen molar-refractivity contribution in [2.45, 2.75) is 19.6 Å². The van der Waals surface area contributed by atoms with E-state index < -0.39 is 6.23 Å². The number of aliphatic hydroxyl groups is 1. The zero-order valence-electron chi connectivity index (χ0n) is 18.2. The number of nitrogens with one attached hydrogen (secondary N) is 1. The van der Waals surface area contributed by atoms with Gasteiger partial charge in [-0.15, -0.1) is 10.2 Å². The van der Waals surface area contributed by atoms with Crippen molar-refractivity contribution in [1.29, 1.82) is 0 Å². The third kappa shape index (κ3) is 4.63. The third-order valence-corrected chi connectivity index (χ3v) is 5.52. The lowest BCUT2D eigenvalue weighted by Crippen LogP contribution is -2.33. The van der Waals surface area contributed by atoms with E-state index in [-0.39, 0.29) is 0 Å². The van der Waals surface area contributed by atoms with Gasteiger partial charge in [-0.05, 0) is 32.0 Å². The molecule has 2 N–H and O–H groups in total. The minimum absolute atomic E-state index is 0.295. The number of benzene rings is 1. The van der Waals surface area contributed by atoms with Crippen molar-refractivity contribution >= 4 is 0 Å². The monoisotopic (exact) mass is 444 g/mol. The average Bonchev–Trinajstić information content (AvgIpc) is 3.19. The molecule has 0 bridgehead atoms. The van der Waals surface area contributed by atoms with Gasteiger partial charge in [-0.1, -0.05) is 18.2 Å². The van der Waals surface area contributed by atoms with E-state index in [0.717, 1.165) is 38.2 Å². The van der Waals surface area contributed by atoms with E-state index in [4.69, 9.17) is 4.42 Å². The Labute approximate surface area is 190 Å². The smallest absolute Gasteiger partial charge is 0.268 e. The van der Waals surface area contributed by atoms with Crippen LogP contribution in [0.3, 0.4) is 0 Å². The molecule has 0 radical (unpaired) electrons. The Balaban J connectivity index is 1.38. The van der Waals surface area contributed by atoms with E-state index in [2.05, 4.69) is 35.5 Å². The van der Waals surface area contributed by atoms with Crippen LogP contribution in [-0.4, -0.2) is 66.3 Å². The maximum Gasteiger partial charge on any atom is 0.268 e. The van der Waals surface area contributed by atoms with Crippen molar-refractivity contribution in [3.8, 4) is 34.3 Å². The quantitative estimate of drug-likeness (QED) is 0.473. The van der Waals surface area contributed by atoms with Gasteiger partial charge in [-0.25, -0.2) is 15.0 Å². The Morgan fingerprint density at radius 3 is 2.55 bits per heavy atom. The molecule has 0 aliphatic carbocycles. The predicted octanol–water partition coefficient (Wildman–Crippen LogP) is 2.25. The van der Waals surface area contributed by atoms with Crippen LogP contribution in [-0.2, 0) is 0 Å². The number of hydrogen-bond donors (Lipinski definition) is 2. The lowest BCUT2D eigenvalue weighted by Gasteiger charge is -2.24. The molecule has 1 aromatic carbocycles. The van der Waals surface area contributed by atoms with Gasteiger partial charge in [0.15, 0.2) is 12.1 Å². The van der Waals surface area contributed by atoms with Gasteiger partial charge >= 0.3 is 0 Å². The molecule has 1 aliphatic rings. The molecule has 168 valence electrons. The van der Waals surface area contributed by atoms with Crippen molar-refractivity contribution in [3.05, 3.63) is 60.4 Å². The summed E-state index contributed by atoms with van der Waals surface area (Å²) in [5, 5.41) is 22.3. The summed E-state index contributed by atoms with van der Waals surface area (Å²) < 4.78 is 5.86. The van der Waals surface area contributed by atoms with Crippen molar-refractivity contribution in [1.82, 2.24) is 40.3 Å². The summed E-state index contributed by atoms with van der Waals surface area (Å²) in [7, 11) is 0. The molecule has 4 heterocycles. The maximum atomic E-state index is 10.7. The van der Waals surface area contributed by atoms with Gasteiger partial charge in [0, 0.05) is 43.2 Å². The number of rotatable bonds is 5. The molecule has 3 aromatic heterocycles. The van der Waals surface area contributed by atoms with Crippen LogP contribution in [0.5, 0.6) is 0 Å². The molecule has 0 saturated carbocycles. The minimum Gasteiger partial charge on any atom is -0.415 e. The van der Waals surface area contributed by atoms with Gasteiger partial charge < -0.3 is 14.8 Å². The highest BCUT2D eigenvalue weighted by Crippen LogP contribution is 2.26. The Morgan fingerprint density at radius 1 is 0.939 bits per heavy atom. The molecule has 10 heteroatoms. The first-order valence-electron chi connectivity index (χ1n) is 10.9. The summed E-state index contributed by atoms with van der Waals surface area (Å²) in [4.78, 5) is 19.9. The molecule has 1 atom stereocenters. The lowest BCUT2D eigenvalue weighted by molar-refractivity contribution is -0.000644. The van der Waals surface area contributed by atoms with Crippen LogP contribution in [0.15, 0.2) is 53.3 Å². The molecule has 0 spiro atoms. The molecule has 1 saturated heterocycles. The summed E-state index contributed by atoms with van der Waals surface area (Å²) in [6, 6.07) is 9.56. The molecule has 10 nitrogen and oxygen atoms in total. The first-order chi connectivity index (χ1) is 16.2. The first kappa shape index (κ1) is 21.3. The molecule has 5 rings (SSSR count). The number of aryl methyl sites for hydroxylation is 1. The summed E-state index contributed by atoms with van der Waals surface area (Å²) in [5.41, 5.74) is 3.27. The fourth-order valence-electron chi connectivity index (χ4n) is 3.69. The predicted molar refractivity (Wildman–Crippen MR) is 121 cm³/mol. The molecular formula is C23H24N8O2. The van der Waals surface area contributed by atoms with Crippen LogP contribution < -0.4 is 5.32 Å². The van der Waals surface area contributed by atoms with Crippen LogP contribution in [0, 0.1) is 6.92 Å². The highest BCUT2D eigenvalue weighted by atomic mass is 16.4. The lowest BCUT2D eigenvalue weighted by atomic mass is 10.2. The van der Waals surface area contributed by atoms with Gasteiger partial charge in [0.25, 0.3) is 5.89 Å². The molecule has 33 heavy (non-hydrogen) atoms. The highest BCUT2D eigenvalue weighted by molar-refractivity contribution is 5.62. The van der Waals surface area contributed by atoms with Crippen LogP contribution in [0.2, 0.25) is 0 Å². The third-order valence-electron chi connectivity index (χ3n) is 5.52. The van der Waals surface area contributed by atoms with Crippen molar-refractivity contribution in [2.24, 2.45) is 0 Å². The molecular weight excluding hydrogens is 420 g/mol. The zero-order valence-corrected chi connectivity index (χ0v) is 18.2. The van der Waals surface area contributed by atoms with Gasteiger partial charge in [0.05, 0.1) is 17.6 Å². The highest BCUT2D eigenvalue weighted by Gasteiger charge is 2.21. The van der Waals surface area contributed by atoms with E-state index >= 15 is 0 Å². The van der Waals surface area contributed by atoms with Gasteiger partial charge in [-0.3, -0.25) is 9.88 Å². The van der Waals surface area contributed by atoms with Gasteiger partial charge in [0.1, 0.15) is 5.69 Å². The largest absolute Gasteiger partial charge is 0.415 e. The number of aromatic nitrogens is 6. The Bertz CT molecular complexity index is 1200. The molecule has 0 amide bonds. The number of aliphatic hydroxyl groups excluding tert-OH is 1. The Morgan fingerprint density at radius 2 is 1.73 bits per heavy atom. The van der Waals surface area contributed by atoms with Crippen LogP contribution >= 0.6 is 0 Å². The van der Waals surface area contributed by atoms with E-state index in [0.29, 0.717) is 40.3 Å². The van der Waals surface area contributed by atoms with E-state index in [1.54, 1.807) is 18.6 Å². The fraction of sp³-hybridized carbons (Fsp3) is 0.304. The second kappa shape index (κ2) is 9.49. The molecule has 1 fully saturated rings. The van der Waals surface area contributed by atoms with Gasteiger partial charge in [0.2, 0.25) is 5.89 Å². The van der Waals surface area contributed by atoms with Crippen LogP contribution in [0.4, 0.5) is 0 Å². The minimum atomic E-state index is -0.839. The maximum absolute atomic E-state index is 10.7. The second-order valence-corrected chi connectivity index (χ2v) is 7.81. The number of nitrogens with zero attached hydrogens (tertiary/aromatic N) is 7. The van der Waals surface area contributed by atoms with E-state index in [9.17, 15) is 5.11 Å². The second-order valence-electron chi connectivity index (χ2n) is 7.81. The fourth-order valence-corrected chi connectivity index (χ4v) is 3.69. The standard InChI is InChI=1S/C23H24N8O2/c1-15-19(22-30-29-21(33-22)16-6-3-2-4-7-16)28-18(14-25-15)17-12-26-20(27-13-17)23(32)31-10-5-8-24-9-11-31/h2-4,6-7,12-14,23-24,32H,5,8-11H2,1H3. The summed E-state index contributed by atoms with van der Waals surface area (Å²) in [6.45, 7) is 5.16. The average molecular weight is 444 g/mol.